The molecule has 0 fully saturated rings. The van der Waals surface area contributed by atoms with Crippen LogP contribution in [0.3, 0.4) is 0 Å². The molecule has 0 spiro atoms. The molecule has 0 atom stereocenters. The van der Waals surface area contributed by atoms with Gasteiger partial charge in [0.15, 0.2) is 5.78 Å². The van der Waals surface area contributed by atoms with Gasteiger partial charge in [0.25, 0.3) is 5.69 Å². The van der Waals surface area contributed by atoms with Gasteiger partial charge in [0.05, 0.1) is 4.92 Å². The fraction of sp³-hybridized carbons (Fsp3) is 0.0714. The lowest BCUT2D eigenvalue weighted by molar-refractivity contribution is -0.384. The van der Waals surface area contributed by atoms with Crippen LogP contribution in [-0.2, 0) is 6.42 Å². The maximum atomic E-state index is 12.1. The van der Waals surface area contributed by atoms with E-state index in [1.165, 1.54) is 18.2 Å². The van der Waals surface area contributed by atoms with Crippen LogP contribution >= 0.6 is 11.6 Å². The molecule has 4 nitrogen and oxygen atoms in total. The topological polar surface area (TPSA) is 60.2 Å². The van der Waals surface area contributed by atoms with Crippen molar-refractivity contribution in [2.24, 2.45) is 0 Å². The predicted molar refractivity (Wildman–Crippen MR) is 72.6 cm³/mol. The predicted octanol–water partition coefficient (Wildman–Crippen LogP) is 3.67. The van der Waals surface area contributed by atoms with Gasteiger partial charge in [0.1, 0.15) is 0 Å². The highest BCUT2D eigenvalue weighted by molar-refractivity contribution is 6.31. The van der Waals surface area contributed by atoms with Crippen molar-refractivity contribution in [1.82, 2.24) is 0 Å². The number of Topliss-reactive ketones (excluding diaryl/α,β-unsaturated/α-hetero) is 1. The zero-order valence-electron chi connectivity index (χ0n) is 9.88. The Morgan fingerprint density at radius 2 is 1.89 bits per heavy atom. The van der Waals surface area contributed by atoms with Gasteiger partial charge in [0.2, 0.25) is 0 Å². The summed E-state index contributed by atoms with van der Waals surface area (Å²) in [6.07, 6.45) is 0.126. The molecule has 0 amide bonds. The van der Waals surface area contributed by atoms with E-state index in [1.807, 2.05) is 0 Å². The standard InChI is InChI=1S/C14H10ClNO3/c15-13-7-2-1-4-10(13)9-14(17)11-5-3-6-12(8-11)16(18)19/h1-8H,9H2. The number of rotatable bonds is 4. The van der Waals surface area contributed by atoms with Gasteiger partial charge in [-0.3, -0.25) is 14.9 Å². The Hall–Kier alpha value is -2.20. The molecule has 0 bridgehead atoms. The second-order valence-electron chi connectivity index (χ2n) is 4.00. The van der Waals surface area contributed by atoms with Gasteiger partial charge >= 0.3 is 0 Å². The third-order valence-electron chi connectivity index (χ3n) is 2.69. The van der Waals surface area contributed by atoms with Crippen molar-refractivity contribution >= 4 is 23.1 Å². The summed E-state index contributed by atoms with van der Waals surface area (Å²) in [5.41, 5.74) is 0.930. The zero-order valence-corrected chi connectivity index (χ0v) is 10.6. The van der Waals surface area contributed by atoms with Gasteiger partial charge < -0.3 is 0 Å². The van der Waals surface area contributed by atoms with E-state index in [0.29, 0.717) is 16.1 Å². The molecule has 19 heavy (non-hydrogen) atoms. The molecule has 0 N–H and O–H groups in total. The minimum atomic E-state index is -0.522. The molecular weight excluding hydrogens is 266 g/mol. The second kappa shape index (κ2) is 5.63. The lowest BCUT2D eigenvalue weighted by atomic mass is 10.0. The quantitative estimate of drug-likeness (QED) is 0.486. The number of hydrogen-bond acceptors (Lipinski definition) is 3. The zero-order chi connectivity index (χ0) is 13.8. The van der Waals surface area contributed by atoms with Crippen LogP contribution in [0.4, 0.5) is 5.69 Å². The lowest BCUT2D eigenvalue weighted by Gasteiger charge is -2.03. The van der Waals surface area contributed by atoms with E-state index >= 15 is 0 Å². The van der Waals surface area contributed by atoms with E-state index in [9.17, 15) is 14.9 Å². The molecule has 0 aliphatic heterocycles. The normalized spacial score (nSPS) is 10.2. The monoisotopic (exact) mass is 275 g/mol. The first-order chi connectivity index (χ1) is 9.08. The highest BCUT2D eigenvalue weighted by Gasteiger charge is 2.13. The molecule has 96 valence electrons. The molecule has 0 aliphatic rings. The number of carbonyl (C=O) groups excluding carboxylic acids is 1. The Morgan fingerprint density at radius 1 is 1.16 bits per heavy atom. The molecule has 2 aromatic rings. The third kappa shape index (κ3) is 3.17. The van der Waals surface area contributed by atoms with Gasteiger partial charge in [0, 0.05) is 29.1 Å². The second-order valence-corrected chi connectivity index (χ2v) is 4.41. The van der Waals surface area contributed by atoms with Crippen LogP contribution in [0.5, 0.6) is 0 Å². The van der Waals surface area contributed by atoms with E-state index in [-0.39, 0.29) is 17.9 Å². The van der Waals surface area contributed by atoms with Gasteiger partial charge in [-0.25, -0.2) is 0 Å². The Labute approximate surface area is 114 Å². The number of nitro groups is 1. The maximum absolute atomic E-state index is 12.1. The summed E-state index contributed by atoms with van der Waals surface area (Å²) in [5.74, 6) is -0.197. The molecule has 0 saturated carbocycles. The molecule has 0 saturated heterocycles. The van der Waals surface area contributed by atoms with Crippen molar-refractivity contribution < 1.29 is 9.72 Å². The number of hydrogen-bond donors (Lipinski definition) is 0. The first kappa shape index (κ1) is 13.2. The molecule has 5 heteroatoms. The summed E-state index contributed by atoms with van der Waals surface area (Å²) < 4.78 is 0. The van der Waals surface area contributed by atoms with Crippen LogP contribution in [0, 0.1) is 10.1 Å². The molecule has 0 radical (unpaired) electrons. The number of carbonyl (C=O) groups is 1. The smallest absolute Gasteiger partial charge is 0.270 e. The fourth-order valence-electron chi connectivity index (χ4n) is 1.71. The molecule has 2 aromatic carbocycles. The summed E-state index contributed by atoms with van der Waals surface area (Å²) in [6.45, 7) is 0. The molecule has 2 rings (SSSR count). The number of nitrogens with zero attached hydrogens (tertiary/aromatic N) is 1. The molecule has 0 heterocycles. The van der Waals surface area contributed by atoms with E-state index < -0.39 is 4.92 Å². The van der Waals surface area contributed by atoms with Crippen LogP contribution in [0.25, 0.3) is 0 Å². The van der Waals surface area contributed by atoms with E-state index in [4.69, 9.17) is 11.6 Å². The molecular formula is C14H10ClNO3. The summed E-state index contributed by atoms with van der Waals surface area (Å²) in [4.78, 5) is 22.2. The number of ketones is 1. The number of nitro benzene ring substituents is 1. The summed E-state index contributed by atoms with van der Waals surface area (Å²) >= 11 is 5.98. The molecule has 0 aliphatic carbocycles. The van der Waals surface area contributed by atoms with Crippen LogP contribution < -0.4 is 0 Å². The Morgan fingerprint density at radius 3 is 2.58 bits per heavy atom. The largest absolute Gasteiger partial charge is 0.294 e. The van der Waals surface area contributed by atoms with Crippen molar-refractivity contribution in [2.75, 3.05) is 0 Å². The van der Waals surface area contributed by atoms with Crippen LogP contribution in [0.15, 0.2) is 48.5 Å². The van der Waals surface area contributed by atoms with Gasteiger partial charge in [-0.1, -0.05) is 41.9 Å². The van der Waals surface area contributed by atoms with Crippen molar-refractivity contribution in [3.8, 4) is 0 Å². The van der Waals surface area contributed by atoms with E-state index in [2.05, 4.69) is 0 Å². The van der Waals surface area contributed by atoms with Crippen molar-refractivity contribution in [1.29, 1.82) is 0 Å². The maximum Gasteiger partial charge on any atom is 0.270 e. The SMILES string of the molecule is O=C(Cc1ccccc1Cl)c1cccc([N+](=O)[O-])c1. The average Bonchev–Trinajstić information content (AvgIpc) is 2.41. The number of non-ortho nitro benzene ring substituents is 1. The van der Waals surface area contributed by atoms with Crippen LogP contribution in [0.2, 0.25) is 5.02 Å². The number of halogens is 1. The summed E-state index contributed by atoms with van der Waals surface area (Å²) in [5, 5.41) is 11.2. The highest BCUT2D eigenvalue weighted by Crippen LogP contribution is 2.19. The van der Waals surface area contributed by atoms with Crippen molar-refractivity contribution in [2.45, 2.75) is 6.42 Å². The first-order valence-corrected chi connectivity index (χ1v) is 5.97. The molecule has 0 unspecified atom stereocenters. The van der Waals surface area contributed by atoms with Crippen LogP contribution in [0.1, 0.15) is 15.9 Å². The fourth-order valence-corrected chi connectivity index (χ4v) is 1.91. The van der Waals surface area contributed by atoms with E-state index in [0.717, 1.165) is 0 Å². The Bertz CT molecular complexity index is 640. The van der Waals surface area contributed by atoms with Crippen molar-refractivity contribution in [3.05, 3.63) is 74.8 Å². The van der Waals surface area contributed by atoms with Gasteiger partial charge in [-0.15, -0.1) is 0 Å². The summed E-state index contributed by atoms with van der Waals surface area (Å²) in [7, 11) is 0. The minimum absolute atomic E-state index is 0.0926. The Balaban J connectivity index is 2.23. The van der Waals surface area contributed by atoms with Gasteiger partial charge in [-0.2, -0.15) is 0 Å². The third-order valence-corrected chi connectivity index (χ3v) is 3.06. The van der Waals surface area contributed by atoms with E-state index in [1.54, 1.807) is 30.3 Å². The minimum Gasteiger partial charge on any atom is -0.294 e. The Kier molecular flexibility index (Phi) is 3.92. The lowest BCUT2D eigenvalue weighted by Crippen LogP contribution is -2.04. The summed E-state index contributed by atoms with van der Waals surface area (Å²) in [6, 6.07) is 12.7. The highest BCUT2D eigenvalue weighted by atomic mass is 35.5. The van der Waals surface area contributed by atoms with Crippen molar-refractivity contribution in [3.63, 3.8) is 0 Å². The van der Waals surface area contributed by atoms with Gasteiger partial charge in [-0.05, 0) is 11.6 Å². The van der Waals surface area contributed by atoms with Crippen LogP contribution in [-0.4, -0.2) is 10.7 Å². The average molecular weight is 276 g/mol. The number of benzene rings is 2. The molecule has 0 aromatic heterocycles. The first-order valence-electron chi connectivity index (χ1n) is 5.59.